The molecule has 3 atom stereocenters. The van der Waals surface area contributed by atoms with Crippen molar-refractivity contribution < 1.29 is 28.7 Å². The van der Waals surface area contributed by atoms with Gasteiger partial charge in [-0.3, -0.25) is 4.79 Å². The van der Waals surface area contributed by atoms with Gasteiger partial charge in [-0.15, -0.1) is 0 Å². The minimum atomic E-state index is -1.20. The summed E-state index contributed by atoms with van der Waals surface area (Å²) in [5.74, 6) is 1.35. The molecule has 7 rings (SSSR count). The van der Waals surface area contributed by atoms with E-state index in [0.717, 1.165) is 56.1 Å². The first kappa shape index (κ1) is 30.6. The van der Waals surface area contributed by atoms with Gasteiger partial charge in [0.2, 0.25) is 5.91 Å². The van der Waals surface area contributed by atoms with Crippen molar-refractivity contribution in [2.75, 3.05) is 6.54 Å². The van der Waals surface area contributed by atoms with Crippen LogP contribution >= 0.6 is 0 Å². The summed E-state index contributed by atoms with van der Waals surface area (Å²) in [6.07, 6.45) is -0.463. The molecule has 4 heterocycles. The Balaban J connectivity index is 1.21. The Hall–Kier alpha value is -4.09. The van der Waals surface area contributed by atoms with E-state index >= 15 is 0 Å². The fourth-order valence-electron chi connectivity index (χ4n) is 6.99. The summed E-state index contributed by atoms with van der Waals surface area (Å²) < 4.78 is 18.9. The molecule has 0 saturated carbocycles. The minimum Gasteiger partial charge on any atom is -0.488 e. The zero-order valence-electron chi connectivity index (χ0n) is 27.4. The number of hydrogen-bond acceptors (Lipinski definition) is 6. The third-order valence-electron chi connectivity index (χ3n) is 10.2. The molecule has 2 amide bonds. The Morgan fingerprint density at radius 1 is 1.07 bits per heavy atom. The predicted octanol–water partition coefficient (Wildman–Crippen LogP) is 5.78. The lowest BCUT2D eigenvalue weighted by Gasteiger charge is -2.32. The molecule has 3 aliphatic rings. The first-order valence-electron chi connectivity index (χ1n) is 16.1. The number of rotatable bonds is 5. The molecule has 46 heavy (non-hydrogen) atoms. The van der Waals surface area contributed by atoms with Gasteiger partial charge in [0, 0.05) is 17.5 Å². The lowest BCUT2D eigenvalue weighted by Crippen LogP contribution is -2.50. The number of nitrogens with zero attached hydrogens (tertiary/aromatic N) is 2. The molecule has 0 spiro atoms. The van der Waals surface area contributed by atoms with Gasteiger partial charge in [-0.05, 0) is 86.1 Å². The maximum absolute atomic E-state index is 13.6. The molecule has 2 fully saturated rings. The molecular formula is C35H41BN4O6. The smallest absolute Gasteiger partial charge is 0.488 e. The van der Waals surface area contributed by atoms with Crippen LogP contribution in [0.4, 0.5) is 4.79 Å². The van der Waals surface area contributed by atoms with Gasteiger partial charge in [0.1, 0.15) is 24.2 Å². The molecule has 1 aromatic heterocycles. The summed E-state index contributed by atoms with van der Waals surface area (Å²) in [7, 11) is -0.435. The van der Waals surface area contributed by atoms with Crippen LogP contribution in [0.5, 0.6) is 5.75 Å². The van der Waals surface area contributed by atoms with Crippen LogP contribution in [0.3, 0.4) is 0 Å². The van der Waals surface area contributed by atoms with Crippen LogP contribution in [-0.4, -0.2) is 62.9 Å². The highest BCUT2D eigenvalue weighted by atomic mass is 16.7. The van der Waals surface area contributed by atoms with E-state index in [-0.39, 0.29) is 23.8 Å². The number of amides is 2. The first-order chi connectivity index (χ1) is 21.7. The van der Waals surface area contributed by atoms with E-state index in [4.69, 9.17) is 19.0 Å². The Morgan fingerprint density at radius 3 is 2.50 bits per heavy atom. The molecular weight excluding hydrogens is 583 g/mol. The third kappa shape index (κ3) is 5.00. The second-order valence-electron chi connectivity index (χ2n) is 14.5. The molecule has 10 nitrogen and oxygen atoms in total. The summed E-state index contributed by atoms with van der Waals surface area (Å²) in [6.45, 7) is 15.0. The number of nitrogens with one attached hydrogen (secondary N) is 2. The number of aromatic nitrogens is 2. The average Bonchev–Trinajstić information content (AvgIpc) is 3.66. The Labute approximate surface area is 268 Å². The van der Waals surface area contributed by atoms with Crippen molar-refractivity contribution in [2.24, 2.45) is 11.8 Å². The van der Waals surface area contributed by atoms with Crippen molar-refractivity contribution in [1.82, 2.24) is 20.2 Å². The van der Waals surface area contributed by atoms with Gasteiger partial charge in [-0.1, -0.05) is 45.0 Å². The molecule has 4 aromatic rings. The predicted molar refractivity (Wildman–Crippen MR) is 177 cm³/mol. The Bertz CT molecular complexity index is 1870. The van der Waals surface area contributed by atoms with E-state index in [1.807, 2.05) is 19.9 Å². The largest absolute Gasteiger partial charge is 0.494 e. The average molecular weight is 625 g/mol. The monoisotopic (exact) mass is 624 g/mol. The van der Waals surface area contributed by atoms with Gasteiger partial charge < -0.3 is 34.4 Å². The van der Waals surface area contributed by atoms with Crippen molar-refractivity contribution in [3.05, 3.63) is 53.9 Å². The number of imidazole rings is 1. The summed E-state index contributed by atoms with van der Waals surface area (Å²) in [5, 5.41) is 13.8. The van der Waals surface area contributed by atoms with Crippen molar-refractivity contribution in [1.29, 1.82) is 0 Å². The number of ether oxygens (including phenoxy) is 1. The number of benzene rings is 3. The van der Waals surface area contributed by atoms with Gasteiger partial charge in [0.15, 0.2) is 0 Å². The van der Waals surface area contributed by atoms with Crippen LogP contribution in [0, 0.1) is 11.8 Å². The summed E-state index contributed by atoms with van der Waals surface area (Å²) in [4.78, 5) is 35.3. The molecule has 3 aliphatic heterocycles. The zero-order chi connectivity index (χ0) is 32.7. The van der Waals surface area contributed by atoms with Crippen molar-refractivity contribution in [3.8, 4) is 16.9 Å². The number of carbonyl (C=O) groups excluding carboxylic acids is 1. The van der Waals surface area contributed by atoms with Crippen LogP contribution < -0.4 is 15.5 Å². The van der Waals surface area contributed by atoms with Gasteiger partial charge in [-0.2, -0.15) is 0 Å². The van der Waals surface area contributed by atoms with Crippen molar-refractivity contribution in [3.63, 3.8) is 0 Å². The maximum Gasteiger partial charge on any atom is 0.494 e. The number of aromatic amines is 1. The van der Waals surface area contributed by atoms with Gasteiger partial charge >= 0.3 is 13.2 Å². The van der Waals surface area contributed by atoms with E-state index in [1.165, 1.54) is 0 Å². The van der Waals surface area contributed by atoms with Crippen LogP contribution in [0.15, 0.2) is 42.5 Å². The fraction of sp³-hybridized carbons (Fsp3) is 0.457. The summed E-state index contributed by atoms with van der Waals surface area (Å²) in [5.41, 5.74) is 5.08. The van der Waals surface area contributed by atoms with Gasteiger partial charge in [0.05, 0.1) is 28.3 Å². The van der Waals surface area contributed by atoms with Crippen LogP contribution in [0.2, 0.25) is 0 Å². The highest BCUT2D eigenvalue weighted by Gasteiger charge is 2.52. The molecule has 11 heteroatoms. The Morgan fingerprint density at radius 2 is 1.80 bits per heavy atom. The molecule has 3 aromatic carbocycles. The first-order valence-corrected chi connectivity index (χ1v) is 16.1. The van der Waals surface area contributed by atoms with E-state index < -0.39 is 30.5 Å². The van der Waals surface area contributed by atoms with Gasteiger partial charge in [0.25, 0.3) is 0 Å². The Kier molecular flexibility index (Phi) is 7.13. The van der Waals surface area contributed by atoms with Crippen LogP contribution in [0.1, 0.15) is 72.3 Å². The van der Waals surface area contributed by atoms with Crippen molar-refractivity contribution in [2.45, 2.75) is 84.8 Å². The lowest BCUT2D eigenvalue weighted by molar-refractivity contribution is -0.135. The van der Waals surface area contributed by atoms with E-state index in [9.17, 15) is 14.7 Å². The molecule has 0 bridgehead atoms. The van der Waals surface area contributed by atoms with E-state index in [2.05, 4.69) is 81.3 Å². The highest BCUT2D eigenvalue weighted by molar-refractivity contribution is 6.62. The summed E-state index contributed by atoms with van der Waals surface area (Å²) in [6, 6.07) is 13.5. The number of hydrogen-bond donors (Lipinski definition) is 3. The SMILES string of the molecule is CC(C)[C@H](NC(=O)O)C(=O)N1C[C@@H](C)C[C@H]1c1nc2ccc3cc4c(cc3c2[nH]1)OCc1cc(B2OC(C)(C)C(C)(C)O2)ccc1-4. The molecule has 3 N–H and O–H groups in total. The minimum absolute atomic E-state index is 0.189. The number of fused-ring (bicyclic) bond motifs is 6. The number of carboxylic acid groups (broad SMARTS) is 1. The normalized spacial score (nSPS) is 22.2. The lowest BCUT2D eigenvalue weighted by atomic mass is 9.77. The molecule has 0 radical (unpaired) electrons. The quantitative estimate of drug-likeness (QED) is 0.241. The molecule has 2 saturated heterocycles. The van der Waals surface area contributed by atoms with E-state index in [0.29, 0.717) is 19.0 Å². The summed E-state index contributed by atoms with van der Waals surface area (Å²) >= 11 is 0. The standard InChI is InChI=1S/C35H41BN4O6/c1-18(2)29(39-33(42)43)32(41)40-16-19(3)12-27(40)31-37-26-11-8-20-14-25-23-10-9-22(36-45-34(4,5)35(6,7)46-36)13-21(23)17-44-28(25)15-24(20)30(26)38-31/h8-11,13-15,18-19,27,29,39H,12,16-17H2,1-7H3,(H,37,38)(H,42,43)/t19-,27-,29-/m0/s1. The van der Waals surface area contributed by atoms with Crippen LogP contribution in [0.25, 0.3) is 32.9 Å². The number of carbonyl (C=O) groups is 2. The van der Waals surface area contributed by atoms with Crippen LogP contribution in [-0.2, 0) is 20.7 Å². The topological polar surface area (TPSA) is 126 Å². The third-order valence-corrected chi connectivity index (χ3v) is 10.2. The highest BCUT2D eigenvalue weighted by Crippen LogP contribution is 2.43. The number of likely N-dealkylation sites (tertiary alicyclic amines) is 1. The second kappa shape index (κ2) is 10.7. The maximum atomic E-state index is 13.6. The van der Waals surface area contributed by atoms with Gasteiger partial charge in [-0.25, -0.2) is 9.78 Å². The van der Waals surface area contributed by atoms with E-state index in [1.54, 1.807) is 4.90 Å². The fourth-order valence-corrected chi connectivity index (χ4v) is 6.99. The second-order valence-corrected chi connectivity index (χ2v) is 14.5. The zero-order valence-corrected chi connectivity index (χ0v) is 27.4. The van der Waals surface area contributed by atoms with Crippen molar-refractivity contribution >= 4 is 46.4 Å². The molecule has 0 aliphatic carbocycles. The number of H-pyrrole nitrogens is 1. The molecule has 240 valence electrons. The molecule has 0 unspecified atom stereocenters.